The first-order valence-corrected chi connectivity index (χ1v) is 7.10. The van der Waals surface area contributed by atoms with Gasteiger partial charge in [-0.2, -0.15) is 5.10 Å². The summed E-state index contributed by atoms with van der Waals surface area (Å²) in [4.78, 5) is 4.53. The number of hydrogen-bond donors (Lipinski definition) is 1. The summed E-state index contributed by atoms with van der Waals surface area (Å²) in [5.74, 6) is 0. The lowest BCUT2D eigenvalue weighted by atomic mass is 10.3. The normalized spacial score (nSPS) is 11.1. The van der Waals surface area contributed by atoms with Gasteiger partial charge in [0.2, 0.25) is 0 Å². The first kappa shape index (κ1) is 12.4. The van der Waals surface area contributed by atoms with Crippen LogP contribution in [0.3, 0.4) is 0 Å². The van der Waals surface area contributed by atoms with Crippen LogP contribution >= 0.6 is 22.9 Å². The van der Waals surface area contributed by atoms with Crippen LogP contribution in [0, 0.1) is 6.92 Å². The van der Waals surface area contributed by atoms with Gasteiger partial charge >= 0.3 is 0 Å². The topological polar surface area (TPSA) is 42.7 Å². The van der Waals surface area contributed by atoms with Gasteiger partial charge in [0, 0.05) is 30.4 Å². The van der Waals surface area contributed by atoms with Gasteiger partial charge in [-0.25, -0.2) is 4.98 Å². The minimum absolute atomic E-state index is 0.729. The van der Waals surface area contributed by atoms with E-state index in [-0.39, 0.29) is 0 Å². The molecule has 19 heavy (non-hydrogen) atoms. The van der Waals surface area contributed by atoms with E-state index in [1.54, 1.807) is 11.3 Å². The Bertz CT molecular complexity index is 731. The molecule has 0 amide bonds. The average Bonchev–Trinajstić information content (AvgIpc) is 2.89. The molecule has 1 aromatic carbocycles. The van der Waals surface area contributed by atoms with Crippen LogP contribution < -0.4 is 5.32 Å². The van der Waals surface area contributed by atoms with Gasteiger partial charge < -0.3 is 5.32 Å². The van der Waals surface area contributed by atoms with E-state index >= 15 is 0 Å². The largest absolute Gasteiger partial charge is 0.357 e. The molecule has 0 saturated carbocycles. The second-order valence-electron chi connectivity index (χ2n) is 4.40. The van der Waals surface area contributed by atoms with E-state index in [9.17, 15) is 0 Å². The Hall–Kier alpha value is -1.59. The molecular weight excluding hydrogens is 280 g/mol. The number of aromatic nitrogens is 3. The van der Waals surface area contributed by atoms with Crippen LogP contribution in [0.1, 0.15) is 11.3 Å². The molecule has 0 saturated heterocycles. The van der Waals surface area contributed by atoms with Crippen LogP contribution in [0.15, 0.2) is 24.4 Å². The highest BCUT2D eigenvalue weighted by Gasteiger charge is 2.06. The SMILES string of the molecule is Cc1nn(C)cc1CNc1nc2ccc(Cl)cc2s1. The van der Waals surface area contributed by atoms with Crippen molar-refractivity contribution >= 4 is 38.3 Å². The van der Waals surface area contributed by atoms with Crippen molar-refractivity contribution in [3.05, 3.63) is 40.7 Å². The molecular formula is C13H13ClN4S. The number of hydrogen-bond acceptors (Lipinski definition) is 4. The standard InChI is InChI=1S/C13H13ClN4S/c1-8-9(7-18(2)17-8)6-15-13-16-11-4-3-10(14)5-12(11)19-13/h3-5,7H,6H2,1-2H3,(H,15,16). The third-order valence-electron chi connectivity index (χ3n) is 2.90. The molecule has 4 nitrogen and oxygen atoms in total. The van der Waals surface area contributed by atoms with E-state index in [1.807, 2.05) is 43.0 Å². The monoisotopic (exact) mass is 292 g/mol. The quantitative estimate of drug-likeness (QED) is 0.802. The Labute approximate surface area is 120 Å². The summed E-state index contributed by atoms with van der Waals surface area (Å²) in [7, 11) is 1.93. The third-order valence-corrected chi connectivity index (χ3v) is 4.11. The second-order valence-corrected chi connectivity index (χ2v) is 5.87. The predicted octanol–water partition coefficient (Wildman–Crippen LogP) is 3.60. The first-order valence-electron chi connectivity index (χ1n) is 5.91. The second kappa shape index (κ2) is 4.83. The van der Waals surface area contributed by atoms with Crippen molar-refractivity contribution in [2.45, 2.75) is 13.5 Å². The number of fused-ring (bicyclic) bond motifs is 1. The van der Waals surface area contributed by atoms with E-state index in [4.69, 9.17) is 11.6 Å². The Morgan fingerprint density at radius 1 is 1.42 bits per heavy atom. The zero-order valence-electron chi connectivity index (χ0n) is 10.6. The molecule has 0 aliphatic carbocycles. The molecule has 0 aliphatic heterocycles. The lowest BCUT2D eigenvalue weighted by molar-refractivity contribution is 0.756. The maximum atomic E-state index is 5.97. The van der Waals surface area contributed by atoms with Crippen molar-refractivity contribution in [3.8, 4) is 0 Å². The molecule has 3 rings (SSSR count). The summed E-state index contributed by atoms with van der Waals surface area (Å²) < 4.78 is 2.92. The van der Waals surface area contributed by atoms with Gasteiger partial charge in [0.25, 0.3) is 0 Å². The molecule has 2 aromatic heterocycles. The number of anilines is 1. The summed E-state index contributed by atoms with van der Waals surface area (Å²) in [6, 6.07) is 5.74. The molecule has 0 fully saturated rings. The molecule has 0 atom stereocenters. The lowest BCUT2D eigenvalue weighted by Crippen LogP contribution is -1.99. The van der Waals surface area contributed by atoms with Gasteiger partial charge in [0.1, 0.15) is 0 Å². The Kier molecular flexibility index (Phi) is 3.16. The van der Waals surface area contributed by atoms with E-state index in [0.717, 1.165) is 32.6 Å². The van der Waals surface area contributed by atoms with Gasteiger partial charge in [-0.15, -0.1) is 0 Å². The zero-order chi connectivity index (χ0) is 13.4. The number of benzene rings is 1. The highest BCUT2D eigenvalue weighted by Crippen LogP contribution is 2.28. The molecule has 2 heterocycles. The molecule has 0 bridgehead atoms. The van der Waals surface area contributed by atoms with Crippen LogP contribution in [0.5, 0.6) is 0 Å². The third kappa shape index (κ3) is 2.57. The predicted molar refractivity (Wildman–Crippen MR) is 79.9 cm³/mol. The van der Waals surface area contributed by atoms with E-state index in [1.165, 1.54) is 5.56 Å². The van der Waals surface area contributed by atoms with Gasteiger partial charge in [-0.1, -0.05) is 22.9 Å². The van der Waals surface area contributed by atoms with Crippen molar-refractivity contribution in [2.75, 3.05) is 5.32 Å². The van der Waals surface area contributed by atoms with Gasteiger partial charge in [-0.3, -0.25) is 4.68 Å². The minimum atomic E-state index is 0.729. The van der Waals surface area contributed by atoms with Gasteiger partial charge in [0.05, 0.1) is 15.9 Å². The molecule has 0 unspecified atom stereocenters. The maximum Gasteiger partial charge on any atom is 0.184 e. The Balaban J connectivity index is 1.80. The fraction of sp³-hybridized carbons (Fsp3) is 0.231. The van der Waals surface area contributed by atoms with Crippen molar-refractivity contribution < 1.29 is 0 Å². The maximum absolute atomic E-state index is 5.97. The molecule has 0 spiro atoms. The average molecular weight is 293 g/mol. The summed E-state index contributed by atoms with van der Waals surface area (Å²) in [5, 5.41) is 9.30. The molecule has 0 radical (unpaired) electrons. The molecule has 6 heteroatoms. The van der Waals surface area contributed by atoms with E-state index in [0.29, 0.717) is 0 Å². The van der Waals surface area contributed by atoms with Crippen LogP contribution in [0.4, 0.5) is 5.13 Å². The van der Waals surface area contributed by atoms with Crippen LogP contribution in [0.25, 0.3) is 10.2 Å². The summed E-state index contributed by atoms with van der Waals surface area (Å²) in [6.07, 6.45) is 2.02. The minimum Gasteiger partial charge on any atom is -0.357 e. The zero-order valence-corrected chi connectivity index (χ0v) is 12.2. The summed E-state index contributed by atoms with van der Waals surface area (Å²) >= 11 is 7.58. The number of thiazole rings is 1. The molecule has 1 N–H and O–H groups in total. The number of nitrogens with zero attached hydrogens (tertiary/aromatic N) is 3. The van der Waals surface area contributed by atoms with E-state index in [2.05, 4.69) is 15.4 Å². The molecule has 0 aliphatic rings. The van der Waals surface area contributed by atoms with E-state index < -0.39 is 0 Å². The van der Waals surface area contributed by atoms with Gasteiger partial charge in [-0.05, 0) is 25.1 Å². The molecule has 98 valence electrons. The lowest BCUT2D eigenvalue weighted by Gasteiger charge is -1.99. The van der Waals surface area contributed by atoms with Crippen molar-refractivity contribution in [1.29, 1.82) is 0 Å². The fourth-order valence-corrected chi connectivity index (χ4v) is 3.10. The highest BCUT2D eigenvalue weighted by molar-refractivity contribution is 7.22. The number of halogens is 1. The summed E-state index contributed by atoms with van der Waals surface area (Å²) in [6.45, 7) is 2.74. The number of rotatable bonds is 3. The highest BCUT2D eigenvalue weighted by atomic mass is 35.5. The van der Waals surface area contributed by atoms with Crippen molar-refractivity contribution in [1.82, 2.24) is 14.8 Å². The van der Waals surface area contributed by atoms with Crippen molar-refractivity contribution in [3.63, 3.8) is 0 Å². The fourth-order valence-electron chi connectivity index (χ4n) is 1.97. The summed E-state index contributed by atoms with van der Waals surface area (Å²) in [5.41, 5.74) is 3.19. The smallest absolute Gasteiger partial charge is 0.184 e. The Morgan fingerprint density at radius 2 is 2.26 bits per heavy atom. The van der Waals surface area contributed by atoms with Crippen LogP contribution in [-0.4, -0.2) is 14.8 Å². The van der Waals surface area contributed by atoms with Crippen LogP contribution in [-0.2, 0) is 13.6 Å². The van der Waals surface area contributed by atoms with Crippen LogP contribution in [0.2, 0.25) is 5.02 Å². The first-order chi connectivity index (χ1) is 9.11. The molecule has 3 aromatic rings. The van der Waals surface area contributed by atoms with Crippen molar-refractivity contribution in [2.24, 2.45) is 7.05 Å². The number of aryl methyl sites for hydroxylation is 2. The number of nitrogens with one attached hydrogen (secondary N) is 1. The Morgan fingerprint density at radius 3 is 3.00 bits per heavy atom. The van der Waals surface area contributed by atoms with Gasteiger partial charge in [0.15, 0.2) is 5.13 Å².